The minimum Gasteiger partial charge on any atom is -0.454 e. The number of benzene rings is 2. The van der Waals surface area contributed by atoms with Gasteiger partial charge in [-0.25, -0.2) is 4.79 Å². The number of hydrogen-bond donors (Lipinski definition) is 2. The Morgan fingerprint density at radius 3 is 2.48 bits per heavy atom. The van der Waals surface area contributed by atoms with Gasteiger partial charge in [0.25, 0.3) is 0 Å². The minimum atomic E-state index is -4.46. The number of amides is 1. The summed E-state index contributed by atoms with van der Waals surface area (Å²) >= 11 is 0. The number of cyclic esters (lactones) is 1. The molecule has 4 rings (SSSR count). The number of nitrogens with one attached hydrogen (secondary N) is 1. The number of esters is 1. The van der Waals surface area contributed by atoms with Gasteiger partial charge >= 0.3 is 12.1 Å². The standard InChI is InChI=1S/C22H21F3N2O4/c1-11-14-4-3-5-16(17(14)21(30)31-11)26-19(28)18-15(10-27(2)20(18)29)12-6-8-13(9-7-12)22(23,24)25/h3-9,11,15,18-19,26,28H,10H2,1-2H3/t11?,15-,18+,19?/m1/s1. The minimum absolute atomic E-state index is 0.250. The molecule has 0 aliphatic carbocycles. The summed E-state index contributed by atoms with van der Waals surface area (Å²) in [7, 11) is 1.57. The van der Waals surface area contributed by atoms with Gasteiger partial charge in [0.15, 0.2) is 0 Å². The average Bonchev–Trinajstić information content (AvgIpc) is 3.17. The number of alkyl halides is 3. The summed E-state index contributed by atoms with van der Waals surface area (Å²) in [6.07, 6.45) is -6.23. The van der Waals surface area contributed by atoms with Crippen LogP contribution in [-0.4, -0.2) is 41.7 Å². The van der Waals surface area contributed by atoms with Crippen molar-refractivity contribution in [2.45, 2.75) is 31.3 Å². The quantitative estimate of drug-likeness (QED) is 0.569. The monoisotopic (exact) mass is 434 g/mol. The largest absolute Gasteiger partial charge is 0.454 e. The fourth-order valence-corrected chi connectivity index (χ4v) is 4.30. The van der Waals surface area contributed by atoms with Crippen LogP contribution in [0.1, 0.15) is 46.0 Å². The van der Waals surface area contributed by atoms with E-state index in [1.807, 2.05) is 0 Å². The van der Waals surface area contributed by atoms with Crippen LogP contribution in [0.5, 0.6) is 0 Å². The summed E-state index contributed by atoms with van der Waals surface area (Å²) in [5.41, 5.74) is 1.06. The molecule has 4 atom stereocenters. The van der Waals surface area contributed by atoms with E-state index in [0.717, 1.165) is 12.1 Å². The lowest BCUT2D eigenvalue weighted by molar-refractivity contribution is -0.137. The molecule has 0 bridgehead atoms. The van der Waals surface area contributed by atoms with Gasteiger partial charge in [0.1, 0.15) is 12.3 Å². The molecule has 31 heavy (non-hydrogen) atoms. The van der Waals surface area contributed by atoms with Crippen molar-refractivity contribution in [1.29, 1.82) is 0 Å². The number of anilines is 1. The summed E-state index contributed by atoms with van der Waals surface area (Å²) in [6, 6.07) is 9.67. The van der Waals surface area contributed by atoms with Gasteiger partial charge in [0.05, 0.1) is 22.7 Å². The molecule has 6 nitrogen and oxygen atoms in total. The first-order valence-electron chi connectivity index (χ1n) is 9.78. The van der Waals surface area contributed by atoms with Gasteiger partial charge in [-0.15, -0.1) is 0 Å². The van der Waals surface area contributed by atoms with Crippen LogP contribution in [0.3, 0.4) is 0 Å². The van der Waals surface area contributed by atoms with Crippen molar-refractivity contribution < 1.29 is 32.6 Å². The van der Waals surface area contributed by atoms with E-state index in [4.69, 9.17) is 4.74 Å². The number of carbonyl (C=O) groups is 2. The van der Waals surface area contributed by atoms with E-state index in [1.54, 1.807) is 32.2 Å². The van der Waals surface area contributed by atoms with Gasteiger partial charge in [0, 0.05) is 25.1 Å². The third-order valence-electron chi connectivity index (χ3n) is 5.90. The van der Waals surface area contributed by atoms with Gasteiger partial charge in [-0.1, -0.05) is 24.3 Å². The zero-order valence-electron chi connectivity index (χ0n) is 16.8. The number of carbonyl (C=O) groups excluding carboxylic acids is 2. The molecule has 2 aromatic rings. The van der Waals surface area contributed by atoms with Crippen molar-refractivity contribution in [3.05, 3.63) is 64.7 Å². The Balaban J connectivity index is 1.62. The van der Waals surface area contributed by atoms with Crippen molar-refractivity contribution in [2.75, 3.05) is 18.9 Å². The lowest BCUT2D eigenvalue weighted by Crippen LogP contribution is -2.37. The summed E-state index contributed by atoms with van der Waals surface area (Å²) in [4.78, 5) is 26.4. The number of fused-ring (bicyclic) bond motifs is 1. The molecule has 1 fully saturated rings. The molecule has 2 aliphatic rings. The molecule has 0 spiro atoms. The summed E-state index contributed by atoms with van der Waals surface area (Å²) in [5.74, 6) is -2.32. The molecule has 1 amide bonds. The number of rotatable bonds is 4. The Labute approximate surface area is 176 Å². The van der Waals surface area contributed by atoms with Gasteiger partial charge in [-0.05, 0) is 30.7 Å². The van der Waals surface area contributed by atoms with E-state index in [9.17, 15) is 27.9 Å². The number of aliphatic hydroxyl groups is 1. The van der Waals surface area contributed by atoms with Gasteiger partial charge in [0.2, 0.25) is 5.91 Å². The van der Waals surface area contributed by atoms with Crippen LogP contribution >= 0.6 is 0 Å². The molecule has 2 aliphatic heterocycles. The zero-order valence-corrected chi connectivity index (χ0v) is 16.8. The highest BCUT2D eigenvalue weighted by molar-refractivity contribution is 6.00. The Morgan fingerprint density at radius 1 is 1.16 bits per heavy atom. The number of ether oxygens (including phenoxy) is 1. The van der Waals surface area contributed by atoms with Crippen molar-refractivity contribution in [3.63, 3.8) is 0 Å². The SMILES string of the molecule is CC1OC(=O)c2c(NC(O)[C@H]3C(=O)N(C)C[C@@H]3c3ccc(C(F)(F)F)cc3)cccc21. The van der Waals surface area contributed by atoms with Crippen LogP contribution in [0.4, 0.5) is 18.9 Å². The Bertz CT molecular complexity index is 1020. The second-order valence-electron chi connectivity index (χ2n) is 7.88. The normalized spacial score (nSPS) is 24.2. The smallest absolute Gasteiger partial charge is 0.416 e. The molecule has 2 unspecified atom stereocenters. The molecule has 164 valence electrons. The highest BCUT2D eigenvalue weighted by atomic mass is 19.4. The maximum absolute atomic E-state index is 12.9. The lowest BCUT2D eigenvalue weighted by atomic mass is 9.86. The van der Waals surface area contributed by atoms with Crippen molar-refractivity contribution >= 4 is 17.6 Å². The second kappa shape index (κ2) is 7.56. The molecule has 0 radical (unpaired) electrons. The molecular formula is C22H21F3N2O4. The average molecular weight is 434 g/mol. The topological polar surface area (TPSA) is 78.9 Å². The van der Waals surface area contributed by atoms with Gasteiger partial charge in [-0.2, -0.15) is 13.2 Å². The van der Waals surface area contributed by atoms with E-state index >= 15 is 0 Å². The molecule has 2 N–H and O–H groups in total. The molecule has 2 aromatic carbocycles. The van der Waals surface area contributed by atoms with E-state index in [2.05, 4.69) is 5.32 Å². The van der Waals surface area contributed by atoms with Crippen LogP contribution in [0.15, 0.2) is 42.5 Å². The maximum Gasteiger partial charge on any atom is 0.416 e. The molecule has 9 heteroatoms. The lowest BCUT2D eigenvalue weighted by Gasteiger charge is -2.25. The Hall–Kier alpha value is -3.07. The van der Waals surface area contributed by atoms with Crippen LogP contribution in [-0.2, 0) is 15.7 Å². The van der Waals surface area contributed by atoms with Gasteiger partial charge in [-0.3, -0.25) is 4.79 Å². The van der Waals surface area contributed by atoms with Gasteiger partial charge < -0.3 is 20.1 Å². The van der Waals surface area contributed by atoms with Crippen LogP contribution < -0.4 is 5.32 Å². The molecular weight excluding hydrogens is 413 g/mol. The Kier molecular flexibility index (Phi) is 5.17. The third-order valence-corrected chi connectivity index (χ3v) is 5.90. The number of likely N-dealkylation sites (N-methyl/N-ethyl adjacent to an activating group) is 1. The molecule has 0 saturated carbocycles. The van der Waals surface area contributed by atoms with Crippen molar-refractivity contribution in [2.24, 2.45) is 5.92 Å². The number of hydrogen-bond acceptors (Lipinski definition) is 5. The second-order valence-corrected chi connectivity index (χ2v) is 7.88. The summed E-state index contributed by atoms with van der Waals surface area (Å²) in [5, 5.41) is 13.7. The number of aliphatic hydroxyl groups excluding tert-OH is 1. The maximum atomic E-state index is 12.9. The fraction of sp³-hybridized carbons (Fsp3) is 0.364. The number of halogens is 3. The first-order chi connectivity index (χ1) is 14.6. The predicted octanol–water partition coefficient (Wildman–Crippen LogP) is 3.54. The van der Waals surface area contributed by atoms with Crippen LogP contribution in [0.2, 0.25) is 0 Å². The number of nitrogens with zero attached hydrogens (tertiary/aromatic N) is 1. The third kappa shape index (κ3) is 3.74. The van der Waals surface area contributed by atoms with E-state index < -0.39 is 41.9 Å². The van der Waals surface area contributed by atoms with Crippen molar-refractivity contribution in [1.82, 2.24) is 4.90 Å². The molecule has 2 heterocycles. The zero-order chi connectivity index (χ0) is 22.5. The molecule has 1 saturated heterocycles. The summed E-state index contributed by atoms with van der Waals surface area (Å²) < 4.78 is 43.9. The highest BCUT2D eigenvalue weighted by Crippen LogP contribution is 2.39. The van der Waals surface area contributed by atoms with Crippen molar-refractivity contribution in [3.8, 4) is 0 Å². The first kappa shape index (κ1) is 21.2. The fourth-order valence-electron chi connectivity index (χ4n) is 4.30. The highest BCUT2D eigenvalue weighted by Gasteiger charge is 2.44. The first-order valence-corrected chi connectivity index (χ1v) is 9.78. The predicted molar refractivity (Wildman–Crippen MR) is 105 cm³/mol. The van der Waals surface area contributed by atoms with Crippen LogP contribution in [0, 0.1) is 5.92 Å². The van der Waals surface area contributed by atoms with E-state index in [1.165, 1.54) is 17.0 Å². The Morgan fingerprint density at radius 2 is 1.84 bits per heavy atom. The summed E-state index contributed by atoms with van der Waals surface area (Å²) in [6.45, 7) is 1.99. The molecule has 0 aromatic heterocycles. The van der Waals surface area contributed by atoms with E-state index in [-0.39, 0.29) is 12.5 Å². The number of likely N-dealkylation sites (tertiary alicyclic amines) is 1. The van der Waals surface area contributed by atoms with Crippen LogP contribution in [0.25, 0.3) is 0 Å². The van der Waals surface area contributed by atoms with E-state index in [0.29, 0.717) is 22.4 Å².